The molecule has 12 heavy (non-hydrogen) atoms. The van der Waals surface area contributed by atoms with Crippen molar-refractivity contribution < 1.29 is 14.7 Å². The number of hydrogen-bond donors (Lipinski definition) is 1. The highest BCUT2D eigenvalue weighted by Gasteiger charge is 2.18. The van der Waals surface area contributed by atoms with E-state index in [1.54, 1.807) is 6.92 Å². The maximum atomic E-state index is 11.1. The second-order valence-electron chi connectivity index (χ2n) is 3.07. The number of amides is 1. The maximum Gasteiger partial charge on any atom is 0.246 e. The van der Waals surface area contributed by atoms with E-state index in [2.05, 4.69) is 0 Å². The molecule has 0 aromatic carbocycles. The number of aliphatic hydroxyl groups is 1. The fourth-order valence-corrected chi connectivity index (χ4v) is 1.09. The fourth-order valence-electron chi connectivity index (χ4n) is 1.09. The smallest absolute Gasteiger partial charge is 0.246 e. The Balaban J connectivity index is 2.25. The molecule has 0 aliphatic carbocycles. The van der Waals surface area contributed by atoms with Crippen molar-refractivity contribution in [3.8, 4) is 0 Å². The molecule has 0 bridgehead atoms. The Hall–Kier alpha value is -0.610. The number of aliphatic hydroxyl groups excluding tert-OH is 1. The van der Waals surface area contributed by atoms with Crippen LogP contribution in [0.1, 0.15) is 26.2 Å². The minimum absolute atomic E-state index is 0.0295. The summed E-state index contributed by atoms with van der Waals surface area (Å²) in [5.41, 5.74) is 0. The van der Waals surface area contributed by atoms with Gasteiger partial charge in [0.05, 0.1) is 19.3 Å². The van der Waals surface area contributed by atoms with E-state index in [0.717, 1.165) is 6.42 Å². The molecule has 4 nitrogen and oxygen atoms in total. The molecule has 1 unspecified atom stereocenters. The van der Waals surface area contributed by atoms with E-state index >= 15 is 0 Å². The largest absolute Gasteiger partial charge is 0.393 e. The summed E-state index contributed by atoms with van der Waals surface area (Å²) in [5.74, 6) is 0.0295. The van der Waals surface area contributed by atoms with Gasteiger partial charge in [0.15, 0.2) is 0 Å². The van der Waals surface area contributed by atoms with Gasteiger partial charge in [0.25, 0.3) is 0 Å². The van der Waals surface area contributed by atoms with Gasteiger partial charge in [-0.25, -0.2) is 5.06 Å². The Bertz CT molecular complexity index is 158. The van der Waals surface area contributed by atoms with Gasteiger partial charge in [-0.05, 0) is 19.8 Å². The standard InChI is InChI=1S/C8H15NO3/c1-7(10)4-5-9-8(11)3-2-6-12-9/h7,10H,2-6H2,1H3. The Morgan fingerprint density at radius 2 is 2.50 bits per heavy atom. The summed E-state index contributed by atoms with van der Waals surface area (Å²) < 4.78 is 0. The molecule has 0 spiro atoms. The van der Waals surface area contributed by atoms with E-state index in [4.69, 9.17) is 9.94 Å². The fraction of sp³-hybridized carbons (Fsp3) is 0.875. The lowest BCUT2D eigenvalue weighted by atomic mass is 10.2. The second kappa shape index (κ2) is 4.42. The molecule has 0 aromatic heterocycles. The lowest BCUT2D eigenvalue weighted by molar-refractivity contribution is -0.199. The molecular formula is C8H15NO3. The van der Waals surface area contributed by atoms with Gasteiger partial charge in [-0.15, -0.1) is 0 Å². The van der Waals surface area contributed by atoms with Crippen molar-refractivity contribution in [1.29, 1.82) is 0 Å². The highest BCUT2D eigenvalue weighted by atomic mass is 16.7. The molecule has 1 atom stereocenters. The molecule has 1 aliphatic rings. The first-order valence-electron chi connectivity index (χ1n) is 4.31. The third-order valence-electron chi connectivity index (χ3n) is 1.81. The number of nitrogens with zero attached hydrogens (tertiary/aromatic N) is 1. The van der Waals surface area contributed by atoms with Gasteiger partial charge in [0.2, 0.25) is 5.91 Å². The van der Waals surface area contributed by atoms with Crippen LogP contribution in [0.3, 0.4) is 0 Å². The summed E-state index contributed by atoms with van der Waals surface area (Å²) in [6, 6.07) is 0. The van der Waals surface area contributed by atoms with Gasteiger partial charge in [-0.2, -0.15) is 0 Å². The molecule has 1 fully saturated rings. The van der Waals surface area contributed by atoms with Crippen molar-refractivity contribution in [2.45, 2.75) is 32.3 Å². The molecule has 1 heterocycles. The summed E-state index contributed by atoms with van der Waals surface area (Å²) in [6.45, 7) is 2.82. The lowest BCUT2D eigenvalue weighted by Gasteiger charge is -2.26. The SMILES string of the molecule is CC(O)CCN1OCCCC1=O. The van der Waals surface area contributed by atoms with Crippen molar-refractivity contribution >= 4 is 5.91 Å². The molecule has 0 aromatic rings. The molecule has 70 valence electrons. The lowest BCUT2D eigenvalue weighted by Crippen LogP contribution is -2.37. The van der Waals surface area contributed by atoms with Crippen molar-refractivity contribution in [1.82, 2.24) is 5.06 Å². The molecule has 1 rings (SSSR count). The molecular weight excluding hydrogens is 158 g/mol. The minimum atomic E-state index is -0.372. The van der Waals surface area contributed by atoms with Crippen LogP contribution in [0.15, 0.2) is 0 Å². The first kappa shape index (κ1) is 9.48. The van der Waals surface area contributed by atoms with Crippen LogP contribution in [-0.2, 0) is 9.63 Å². The van der Waals surface area contributed by atoms with Crippen molar-refractivity contribution in [2.75, 3.05) is 13.2 Å². The van der Waals surface area contributed by atoms with Crippen LogP contribution in [0, 0.1) is 0 Å². The quantitative estimate of drug-likeness (QED) is 0.668. The van der Waals surface area contributed by atoms with E-state index in [0.29, 0.717) is 26.0 Å². The number of carbonyl (C=O) groups is 1. The monoisotopic (exact) mass is 173 g/mol. The first-order valence-corrected chi connectivity index (χ1v) is 4.31. The van der Waals surface area contributed by atoms with Gasteiger partial charge in [-0.1, -0.05) is 0 Å². The maximum absolute atomic E-state index is 11.1. The highest BCUT2D eigenvalue weighted by molar-refractivity contribution is 5.75. The first-order chi connectivity index (χ1) is 5.70. The van der Waals surface area contributed by atoms with E-state index in [9.17, 15) is 4.79 Å². The second-order valence-corrected chi connectivity index (χ2v) is 3.07. The summed E-state index contributed by atoms with van der Waals surface area (Å²) in [4.78, 5) is 16.2. The number of rotatable bonds is 3. The predicted octanol–water partition coefficient (Wildman–Crippen LogP) is 0.311. The minimum Gasteiger partial charge on any atom is -0.393 e. The summed E-state index contributed by atoms with van der Waals surface area (Å²) in [6.07, 6.45) is 1.58. The number of carbonyl (C=O) groups excluding carboxylic acids is 1. The number of hydroxylamine groups is 2. The van der Waals surface area contributed by atoms with E-state index in [1.165, 1.54) is 5.06 Å². The van der Waals surface area contributed by atoms with Gasteiger partial charge in [-0.3, -0.25) is 9.63 Å². The van der Waals surface area contributed by atoms with Crippen LogP contribution in [-0.4, -0.2) is 35.3 Å². The van der Waals surface area contributed by atoms with Gasteiger partial charge < -0.3 is 5.11 Å². The third-order valence-corrected chi connectivity index (χ3v) is 1.81. The Morgan fingerprint density at radius 1 is 1.75 bits per heavy atom. The molecule has 1 aliphatic heterocycles. The van der Waals surface area contributed by atoms with Crippen LogP contribution >= 0.6 is 0 Å². The Morgan fingerprint density at radius 3 is 3.08 bits per heavy atom. The molecule has 0 radical (unpaired) electrons. The molecule has 4 heteroatoms. The van der Waals surface area contributed by atoms with Crippen LogP contribution < -0.4 is 0 Å². The highest BCUT2D eigenvalue weighted by Crippen LogP contribution is 2.08. The normalized spacial score (nSPS) is 21.2. The van der Waals surface area contributed by atoms with Crippen molar-refractivity contribution in [3.63, 3.8) is 0 Å². The van der Waals surface area contributed by atoms with Crippen molar-refractivity contribution in [2.24, 2.45) is 0 Å². The molecule has 1 N–H and O–H groups in total. The third kappa shape index (κ3) is 2.79. The average Bonchev–Trinajstić information content (AvgIpc) is 2.03. The summed E-state index contributed by atoms with van der Waals surface area (Å²) >= 11 is 0. The van der Waals surface area contributed by atoms with Crippen molar-refractivity contribution in [3.05, 3.63) is 0 Å². The van der Waals surface area contributed by atoms with Gasteiger partial charge in [0.1, 0.15) is 0 Å². The zero-order valence-corrected chi connectivity index (χ0v) is 7.32. The zero-order chi connectivity index (χ0) is 8.97. The van der Waals surface area contributed by atoms with Crippen LogP contribution in [0.4, 0.5) is 0 Å². The summed E-state index contributed by atoms with van der Waals surface area (Å²) in [7, 11) is 0. The molecule has 1 amide bonds. The predicted molar refractivity (Wildman–Crippen MR) is 43.2 cm³/mol. The van der Waals surface area contributed by atoms with Crippen LogP contribution in [0.25, 0.3) is 0 Å². The zero-order valence-electron chi connectivity index (χ0n) is 7.32. The molecule has 1 saturated heterocycles. The van der Waals surface area contributed by atoms with Crippen LogP contribution in [0.5, 0.6) is 0 Å². The average molecular weight is 173 g/mol. The topological polar surface area (TPSA) is 49.8 Å². The Kier molecular flexibility index (Phi) is 3.49. The van der Waals surface area contributed by atoms with E-state index in [-0.39, 0.29) is 12.0 Å². The Labute approximate surface area is 72.1 Å². The van der Waals surface area contributed by atoms with Crippen LogP contribution in [0.2, 0.25) is 0 Å². The van der Waals surface area contributed by atoms with E-state index < -0.39 is 0 Å². The molecule has 0 saturated carbocycles. The van der Waals surface area contributed by atoms with E-state index in [1.807, 2.05) is 0 Å². The van der Waals surface area contributed by atoms with Gasteiger partial charge in [0, 0.05) is 6.42 Å². The summed E-state index contributed by atoms with van der Waals surface area (Å²) in [5, 5.41) is 10.3. The number of hydrogen-bond acceptors (Lipinski definition) is 3. The van der Waals surface area contributed by atoms with Gasteiger partial charge >= 0.3 is 0 Å².